The third-order valence-electron chi connectivity index (χ3n) is 10.2. The molecule has 3 unspecified atom stereocenters. The van der Waals surface area contributed by atoms with E-state index in [1.54, 1.807) is 0 Å². The Morgan fingerprint density at radius 2 is 1.68 bits per heavy atom. The molecule has 4 fully saturated rings. The van der Waals surface area contributed by atoms with Crippen LogP contribution in [-0.4, -0.2) is 46.1 Å². The summed E-state index contributed by atoms with van der Waals surface area (Å²) in [5.74, 6) is 0.265. The molecule has 2 N–H and O–H groups in total. The molecule has 4 rings (SSSR count). The Balaban J connectivity index is 1.60. The molecule has 6 nitrogen and oxygen atoms in total. The minimum atomic E-state index is -0.949. The number of hydrogen-bond acceptors (Lipinski definition) is 6. The number of carbonyl (C=O) groups is 2. The highest BCUT2D eigenvalue weighted by Crippen LogP contribution is 2.69. The fraction of sp³-hybridized carbons (Fsp3) is 0.920. The summed E-state index contributed by atoms with van der Waals surface area (Å²) >= 11 is 0. The van der Waals surface area contributed by atoms with E-state index in [-0.39, 0.29) is 47.3 Å². The van der Waals surface area contributed by atoms with Crippen LogP contribution in [0.4, 0.5) is 0 Å². The maximum absolute atomic E-state index is 12.2. The second kappa shape index (κ2) is 7.72. The second-order valence-corrected chi connectivity index (χ2v) is 11.4. The van der Waals surface area contributed by atoms with Crippen molar-refractivity contribution in [3.8, 4) is 0 Å². The Hall–Kier alpha value is -1.14. The third-order valence-corrected chi connectivity index (χ3v) is 10.2. The van der Waals surface area contributed by atoms with Crippen molar-refractivity contribution in [1.29, 1.82) is 0 Å². The van der Waals surface area contributed by atoms with Gasteiger partial charge in [0.05, 0.1) is 11.7 Å². The van der Waals surface area contributed by atoms with Crippen molar-refractivity contribution in [1.82, 2.24) is 0 Å². The summed E-state index contributed by atoms with van der Waals surface area (Å²) in [4.78, 5) is 23.0. The predicted octanol–water partition coefficient (Wildman–Crippen LogP) is 3.61. The summed E-state index contributed by atoms with van der Waals surface area (Å²) in [5.41, 5.74) is -1.59. The lowest BCUT2D eigenvalue weighted by atomic mass is 9.42. The molecule has 0 spiro atoms. The maximum atomic E-state index is 12.2. The fourth-order valence-electron chi connectivity index (χ4n) is 8.64. The van der Waals surface area contributed by atoms with E-state index in [2.05, 4.69) is 6.92 Å². The van der Waals surface area contributed by atoms with E-state index >= 15 is 0 Å². The van der Waals surface area contributed by atoms with Crippen LogP contribution in [0.3, 0.4) is 0 Å². The molecule has 10 atom stereocenters. The molecule has 0 radical (unpaired) electrons. The van der Waals surface area contributed by atoms with Gasteiger partial charge in [-0.2, -0.15) is 0 Å². The lowest BCUT2D eigenvalue weighted by Crippen LogP contribution is -2.67. The van der Waals surface area contributed by atoms with Gasteiger partial charge in [0.1, 0.15) is 12.2 Å². The van der Waals surface area contributed by atoms with Gasteiger partial charge < -0.3 is 19.7 Å². The average Bonchev–Trinajstić information content (AvgIpc) is 2.95. The molecule has 4 aliphatic rings. The number of rotatable bonds is 3. The molecular weight excluding hydrogens is 396 g/mol. The first-order valence-corrected chi connectivity index (χ1v) is 12.2. The van der Waals surface area contributed by atoms with Gasteiger partial charge in [-0.05, 0) is 81.5 Å². The van der Waals surface area contributed by atoms with Crippen molar-refractivity contribution in [3.63, 3.8) is 0 Å². The molecule has 0 bridgehead atoms. The first-order valence-electron chi connectivity index (χ1n) is 12.2. The molecule has 0 saturated heterocycles. The standard InChI is InChI=1S/C25H40O6/c1-14(30-15(2)26)19-9-11-25(29)20-7-6-17-12-18(31-16(3)27)8-10-23(17,4)21(20)13-22(28)24(19,25)5/h14,17-22,28-29H,6-13H2,1-5H3/t14?,17-,18+,19-,20?,21?,22-,23+,24+,25+/m1/s1. The summed E-state index contributed by atoms with van der Waals surface area (Å²) in [5, 5.41) is 23.7. The van der Waals surface area contributed by atoms with E-state index in [4.69, 9.17) is 9.47 Å². The van der Waals surface area contributed by atoms with Gasteiger partial charge in [-0.1, -0.05) is 13.8 Å². The van der Waals surface area contributed by atoms with E-state index in [9.17, 15) is 19.8 Å². The van der Waals surface area contributed by atoms with E-state index in [0.29, 0.717) is 18.8 Å². The van der Waals surface area contributed by atoms with Gasteiger partial charge in [-0.25, -0.2) is 0 Å². The summed E-state index contributed by atoms with van der Waals surface area (Å²) in [6.45, 7) is 9.16. The number of ether oxygens (including phenoxy) is 2. The summed E-state index contributed by atoms with van der Waals surface area (Å²) < 4.78 is 11.1. The molecule has 0 heterocycles. The largest absolute Gasteiger partial charge is 0.463 e. The van der Waals surface area contributed by atoms with E-state index < -0.39 is 17.1 Å². The van der Waals surface area contributed by atoms with Crippen molar-refractivity contribution in [2.75, 3.05) is 0 Å². The zero-order chi connectivity index (χ0) is 22.8. The smallest absolute Gasteiger partial charge is 0.302 e. The van der Waals surface area contributed by atoms with E-state index in [1.807, 2.05) is 13.8 Å². The molecule has 176 valence electrons. The Labute approximate surface area is 186 Å². The lowest BCUT2D eigenvalue weighted by molar-refractivity contribution is -0.253. The maximum Gasteiger partial charge on any atom is 0.302 e. The molecule has 0 aromatic rings. The van der Waals surface area contributed by atoms with Crippen LogP contribution in [0.2, 0.25) is 0 Å². The Morgan fingerprint density at radius 1 is 0.968 bits per heavy atom. The summed E-state index contributed by atoms with van der Waals surface area (Å²) in [7, 11) is 0. The zero-order valence-electron chi connectivity index (χ0n) is 19.7. The van der Waals surface area contributed by atoms with E-state index in [1.165, 1.54) is 13.8 Å². The zero-order valence-corrected chi connectivity index (χ0v) is 19.7. The van der Waals surface area contributed by atoms with Crippen LogP contribution in [-0.2, 0) is 19.1 Å². The molecular formula is C25H40O6. The van der Waals surface area contributed by atoms with Crippen LogP contribution < -0.4 is 0 Å². The van der Waals surface area contributed by atoms with Gasteiger partial charge in [-0.3, -0.25) is 9.59 Å². The highest BCUT2D eigenvalue weighted by molar-refractivity contribution is 5.66. The number of aliphatic hydroxyl groups excluding tert-OH is 1. The SMILES string of the molecule is CC(=O)OC(C)[C@H]1CC[C@]2(O)C3CC[C@@H]4C[C@@H](OC(C)=O)CC[C@]4(C)C3C[C@@H](O)[C@]12C. The molecule has 0 amide bonds. The minimum absolute atomic E-state index is 0.00516. The first kappa shape index (κ1) is 23.0. The van der Waals surface area contributed by atoms with Crippen molar-refractivity contribution in [3.05, 3.63) is 0 Å². The first-order chi connectivity index (χ1) is 14.4. The van der Waals surface area contributed by atoms with Crippen LogP contribution in [0.15, 0.2) is 0 Å². The van der Waals surface area contributed by atoms with Gasteiger partial charge in [0.15, 0.2) is 0 Å². The summed E-state index contributed by atoms with van der Waals surface area (Å²) in [6, 6.07) is 0. The molecule has 4 saturated carbocycles. The predicted molar refractivity (Wildman–Crippen MR) is 115 cm³/mol. The van der Waals surface area contributed by atoms with Crippen molar-refractivity contribution in [2.45, 2.75) is 110 Å². The highest BCUT2D eigenvalue weighted by atomic mass is 16.5. The van der Waals surface area contributed by atoms with Gasteiger partial charge in [0, 0.05) is 25.2 Å². The number of esters is 2. The Bertz CT molecular complexity index is 738. The van der Waals surface area contributed by atoms with Gasteiger partial charge >= 0.3 is 11.9 Å². The monoisotopic (exact) mass is 436 g/mol. The van der Waals surface area contributed by atoms with Crippen LogP contribution in [0.1, 0.15) is 86.0 Å². The minimum Gasteiger partial charge on any atom is -0.463 e. The number of carbonyl (C=O) groups excluding carboxylic acids is 2. The highest BCUT2D eigenvalue weighted by Gasteiger charge is 2.71. The van der Waals surface area contributed by atoms with Crippen molar-refractivity contribution >= 4 is 11.9 Å². The molecule has 31 heavy (non-hydrogen) atoms. The summed E-state index contributed by atoms with van der Waals surface area (Å²) in [6.07, 6.45) is 5.78. The van der Waals surface area contributed by atoms with Gasteiger partial charge in [-0.15, -0.1) is 0 Å². The quantitative estimate of drug-likeness (QED) is 0.657. The molecule has 0 aromatic carbocycles. The molecule has 4 aliphatic carbocycles. The molecule has 0 aromatic heterocycles. The number of aliphatic hydroxyl groups is 2. The number of hydrogen-bond donors (Lipinski definition) is 2. The molecule has 6 heteroatoms. The van der Waals surface area contributed by atoms with Crippen LogP contribution in [0.5, 0.6) is 0 Å². The van der Waals surface area contributed by atoms with Gasteiger partial charge in [0.2, 0.25) is 0 Å². The second-order valence-electron chi connectivity index (χ2n) is 11.4. The van der Waals surface area contributed by atoms with E-state index in [0.717, 1.165) is 38.5 Å². The van der Waals surface area contributed by atoms with Crippen molar-refractivity contribution < 1.29 is 29.3 Å². The average molecular weight is 437 g/mol. The molecule has 0 aliphatic heterocycles. The van der Waals surface area contributed by atoms with Crippen LogP contribution >= 0.6 is 0 Å². The lowest BCUT2D eigenvalue weighted by Gasteiger charge is -2.65. The number of fused-ring (bicyclic) bond motifs is 5. The van der Waals surface area contributed by atoms with Gasteiger partial charge in [0.25, 0.3) is 0 Å². The van der Waals surface area contributed by atoms with Crippen molar-refractivity contribution in [2.24, 2.45) is 34.5 Å². The Kier molecular flexibility index (Phi) is 5.74. The third kappa shape index (κ3) is 3.35. The van der Waals surface area contributed by atoms with Crippen LogP contribution in [0.25, 0.3) is 0 Å². The Morgan fingerprint density at radius 3 is 2.32 bits per heavy atom. The fourth-order valence-corrected chi connectivity index (χ4v) is 8.64. The van der Waals surface area contributed by atoms with Crippen LogP contribution in [0, 0.1) is 34.5 Å². The topological polar surface area (TPSA) is 93.1 Å². The normalized spacial score (nSPS) is 49.9.